The molecule has 3 aromatic heterocycles. The summed E-state index contributed by atoms with van der Waals surface area (Å²) in [6.45, 7) is 7.43. The molecule has 2 bridgehead atoms. The molecule has 1 atom stereocenters. The van der Waals surface area contributed by atoms with E-state index >= 15 is 0 Å². The molecule has 1 unspecified atom stereocenters. The molecule has 0 spiro atoms. The lowest BCUT2D eigenvalue weighted by Crippen LogP contribution is -2.48. The normalized spacial score (nSPS) is 16.5. The Kier molecular flexibility index (Phi) is 6.90. The predicted molar refractivity (Wildman–Crippen MR) is 139 cm³/mol. The van der Waals surface area contributed by atoms with Crippen LogP contribution in [-0.4, -0.2) is 69.2 Å². The Morgan fingerprint density at radius 2 is 2.05 bits per heavy atom. The first-order chi connectivity index (χ1) is 17.8. The summed E-state index contributed by atoms with van der Waals surface area (Å²) in [7, 11) is 0. The van der Waals surface area contributed by atoms with Crippen LogP contribution >= 0.6 is 0 Å². The molecule has 194 valence electrons. The second-order valence-electron chi connectivity index (χ2n) is 9.65. The van der Waals surface area contributed by atoms with Crippen molar-refractivity contribution >= 4 is 23.4 Å². The number of urea groups is 1. The minimum absolute atomic E-state index is 0.0164. The lowest BCUT2D eigenvalue weighted by Gasteiger charge is -2.35. The first-order valence-electron chi connectivity index (χ1n) is 12.4. The quantitative estimate of drug-likeness (QED) is 0.350. The number of aromatic nitrogens is 4. The smallest absolute Gasteiger partial charge is 0.329 e. The standard InChI is InChI=1S/C26H31N7O4/c1-17-13-18(7-9-27-17)20-5-6-21-24(30-20)33(19-8-10-32(21)15-19)25(34)31-22-14-23(29-16-28-22)36-11-4-12-37-26(2,3)35/h5-7,9,13-14,16,19,35H,4,8,10-12,15H2,1-3H3,(H,28,29,31,34). The second kappa shape index (κ2) is 10.3. The number of rotatable bonds is 8. The molecule has 2 aliphatic rings. The fourth-order valence-corrected chi connectivity index (χ4v) is 4.55. The van der Waals surface area contributed by atoms with Crippen LogP contribution < -0.4 is 19.9 Å². The van der Waals surface area contributed by atoms with Crippen molar-refractivity contribution in [2.45, 2.75) is 45.4 Å². The van der Waals surface area contributed by atoms with Gasteiger partial charge < -0.3 is 19.5 Å². The van der Waals surface area contributed by atoms with Crippen LogP contribution in [0.1, 0.15) is 32.4 Å². The maximum atomic E-state index is 13.5. The van der Waals surface area contributed by atoms with E-state index in [1.807, 2.05) is 31.2 Å². The first-order valence-corrected chi connectivity index (χ1v) is 12.4. The summed E-state index contributed by atoms with van der Waals surface area (Å²) in [6, 6.07) is 9.23. The van der Waals surface area contributed by atoms with Crippen LogP contribution in [-0.2, 0) is 4.74 Å². The molecule has 0 radical (unpaired) electrons. The van der Waals surface area contributed by atoms with Gasteiger partial charge in [-0.25, -0.2) is 19.7 Å². The van der Waals surface area contributed by atoms with Crippen molar-refractivity contribution in [2.75, 3.05) is 41.4 Å². The second-order valence-corrected chi connectivity index (χ2v) is 9.65. The van der Waals surface area contributed by atoms with Gasteiger partial charge in [0.1, 0.15) is 12.1 Å². The van der Waals surface area contributed by atoms with Crippen LogP contribution in [0.4, 0.5) is 22.1 Å². The number of aliphatic hydroxyl groups is 1. The third kappa shape index (κ3) is 5.78. The van der Waals surface area contributed by atoms with Crippen molar-refractivity contribution in [3.05, 3.63) is 48.5 Å². The molecular formula is C26H31N7O4. The number of anilines is 3. The van der Waals surface area contributed by atoms with E-state index < -0.39 is 5.79 Å². The van der Waals surface area contributed by atoms with Gasteiger partial charge in [-0.15, -0.1) is 0 Å². The van der Waals surface area contributed by atoms with Crippen LogP contribution in [0, 0.1) is 6.92 Å². The summed E-state index contributed by atoms with van der Waals surface area (Å²) < 4.78 is 10.9. The highest BCUT2D eigenvalue weighted by Gasteiger charge is 2.40. The van der Waals surface area contributed by atoms with Gasteiger partial charge in [-0.05, 0) is 51.5 Å². The molecule has 5 heterocycles. The van der Waals surface area contributed by atoms with Gasteiger partial charge in [0.2, 0.25) is 5.88 Å². The Hall–Kier alpha value is -3.83. The van der Waals surface area contributed by atoms with Crippen molar-refractivity contribution in [3.63, 3.8) is 0 Å². The van der Waals surface area contributed by atoms with Gasteiger partial charge >= 0.3 is 6.03 Å². The maximum Gasteiger partial charge on any atom is 0.329 e. The molecule has 2 aliphatic heterocycles. The predicted octanol–water partition coefficient (Wildman–Crippen LogP) is 3.39. The van der Waals surface area contributed by atoms with Crippen LogP contribution in [0.5, 0.6) is 5.88 Å². The third-order valence-electron chi connectivity index (χ3n) is 6.23. The first kappa shape index (κ1) is 24.8. The van der Waals surface area contributed by atoms with Crippen LogP contribution in [0.3, 0.4) is 0 Å². The summed E-state index contributed by atoms with van der Waals surface area (Å²) >= 11 is 0. The minimum Gasteiger partial charge on any atom is -0.477 e. The van der Waals surface area contributed by atoms with E-state index in [-0.39, 0.29) is 12.1 Å². The van der Waals surface area contributed by atoms with Gasteiger partial charge in [0.15, 0.2) is 11.6 Å². The van der Waals surface area contributed by atoms with Crippen molar-refractivity contribution in [3.8, 4) is 17.1 Å². The molecule has 1 saturated heterocycles. The van der Waals surface area contributed by atoms with E-state index in [1.165, 1.54) is 6.33 Å². The summed E-state index contributed by atoms with van der Waals surface area (Å²) in [4.78, 5) is 35.0. The largest absolute Gasteiger partial charge is 0.477 e. The van der Waals surface area contributed by atoms with Gasteiger partial charge in [-0.2, -0.15) is 0 Å². The Balaban J connectivity index is 1.31. The van der Waals surface area contributed by atoms with Gasteiger partial charge in [0.25, 0.3) is 0 Å². The Bertz CT molecular complexity index is 1280. The Morgan fingerprint density at radius 3 is 2.86 bits per heavy atom. The van der Waals surface area contributed by atoms with Crippen LogP contribution in [0.15, 0.2) is 42.9 Å². The molecular weight excluding hydrogens is 474 g/mol. The number of nitrogens with zero attached hydrogens (tertiary/aromatic N) is 6. The van der Waals surface area contributed by atoms with E-state index in [0.717, 1.165) is 42.1 Å². The Morgan fingerprint density at radius 1 is 1.19 bits per heavy atom. The average Bonchev–Trinajstić information content (AvgIpc) is 3.27. The van der Waals surface area contributed by atoms with Crippen molar-refractivity contribution in [1.82, 2.24) is 19.9 Å². The zero-order valence-corrected chi connectivity index (χ0v) is 21.2. The van der Waals surface area contributed by atoms with Gasteiger partial charge in [0, 0.05) is 43.0 Å². The van der Waals surface area contributed by atoms with E-state index in [4.69, 9.17) is 14.5 Å². The molecule has 0 aliphatic carbocycles. The monoisotopic (exact) mass is 505 g/mol. The number of hydrogen-bond donors (Lipinski definition) is 2. The summed E-state index contributed by atoms with van der Waals surface area (Å²) in [6.07, 6.45) is 4.54. The molecule has 11 heteroatoms. The lowest BCUT2D eigenvalue weighted by molar-refractivity contribution is -0.176. The van der Waals surface area contributed by atoms with E-state index in [9.17, 15) is 9.90 Å². The number of carbonyl (C=O) groups excluding carboxylic acids is 1. The van der Waals surface area contributed by atoms with Gasteiger partial charge in [-0.3, -0.25) is 15.2 Å². The molecule has 2 N–H and O–H groups in total. The average molecular weight is 506 g/mol. The molecule has 11 nitrogen and oxygen atoms in total. The summed E-state index contributed by atoms with van der Waals surface area (Å²) in [5.74, 6) is 0.136. The van der Waals surface area contributed by atoms with Crippen molar-refractivity contribution < 1.29 is 19.4 Å². The number of fused-ring (bicyclic) bond motifs is 4. The topological polar surface area (TPSA) is 126 Å². The van der Waals surface area contributed by atoms with Crippen molar-refractivity contribution in [1.29, 1.82) is 0 Å². The number of amides is 2. The molecule has 1 fully saturated rings. The van der Waals surface area contributed by atoms with Crippen molar-refractivity contribution in [2.24, 2.45) is 0 Å². The molecule has 37 heavy (non-hydrogen) atoms. The van der Waals surface area contributed by atoms with E-state index in [0.29, 0.717) is 37.2 Å². The number of ether oxygens (including phenoxy) is 2. The van der Waals surface area contributed by atoms with Gasteiger partial charge in [-0.1, -0.05) is 0 Å². The number of aryl methyl sites for hydroxylation is 1. The highest BCUT2D eigenvalue weighted by atomic mass is 16.6. The lowest BCUT2D eigenvalue weighted by atomic mass is 10.1. The number of nitrogens with one attached hydrogen (secondary N) is 1. The van der Waals surface area contributed by atoms with E-state index in [1.54, 1.807) is 31.0 Å². The zero-order valence-electron chi connectivity index (χ0n) is 21.2. The summed E-state index contributed by atoms with van der Waals surface area (Å²) in [5.41, 5.74) is 3.59. The number of carbonyl (C=O) groups is 1. The number of pyridine rings is 2. The molecule has 0 aromatic carbocycles. The zero-order chi connectivity index (χ0) is 26.0. The van der Waals surface area contributed by atoms with Crippen LogP contribution in [0.25, 0.3) is 11.3 Å². The highest BCUT2D eigenvalue weighted by molar-refractivity contribution is 6.04. The third-order valence-corrected chi connectivity index (χ3v) is 6.23. The fourth-order valence-electron chi connectivity index (χ4n) is 4.55. The SMILES string of the molecule is Cc1cc(-c2ccc3c(n2)N(C(=O)Nc2cc(OCCCOC(C)(C)O)ncn2)C2CCN3C2)ccn1. The fraction of sp³-hybridized carbons (Fsp3) is 0.423. The highest BCUT2D eigenvalue weighted by Crippen LogP contribution is 2.40. The van der Waals surface area contributed by atoms with Gasteiger partial charge in [0.05, 0.1) is 30.6 Å². The molecule has 2 amide bonds. The summed E-state index contributed by atoms with van der Waals surface area (Å²) in [5, 5.41) is 12.5. The maximum absolute atomic E-state index is 13.5. The molecule has 3 aromatic rings. The minimum atomic E-state index is -1.18. The van der Waals surface area contributed by atoms with Crippen LogP contribution in [0.2, 0.25) is 0 Å². The number of hydrogen-bond acceptors (Lipinski definition) is 9. The Labute approximate surface area is 215 Å². The van der Waals surface area contributed by atoms with E-state index in [2.05, 4.69) is 25.2 Å². The molecule has 5 rings (SSSR count). The molecule has 0 saturated carbocycles.